The van der Waals surface area contributed by atoms with Crippen LogP contribution < -0.4 is 14.8 Å². The third-order valence-electron chi connectivity index (χ3n) is 5.52. The van der Waals surface area contributed by atoms with Crippen molar-refractivity contribution in [2.45, 2.75) is 18.8 Å². The van der Waals surface area contributed by atoms with Crippen molar-refractivity contribution >= 4 is 17.5 Å². The molecule has 0 saturated carbocycles. The lowest BCUT2D eigenvalue weighted by Crippen LogP contribution is -2.39. The number of methoxy groups -OCH3 is 2. The lowest BCUT2D eigenvalue weighted by Gasteiger charge is -2.32. The van der Waals surface area contributed by atoms with E-state index in [4.69, 9.17) is 9.47 Å². The van der Waals surface area contributed by atoms with Gasteiger partial charge < -0.3 is 19.7 Å². The molecular weight excluding hydrogens is 411 g/mol. The Balaban J connectivity index is 1.51. The molecule has 8 heteroatoms. The summed E-state index contributed by atoms with van der Waals surface area (Å²) in [4.78, 5) is 23.8. The van der Waals surface area contributed by atoms with Crippen LogP contribution in [0, 0.1) is 5.82 Å². The largest absolute Gasteiger partial charge is 0.497 e. The van der Waals surface area contributed by atoms with Crippen molar-refractivity contribution in [2.24, 2.45) is 0 Å². The van der Waals surface area contributed by atoms with Crippen molar-refractivity contribution in [1.29, 1.82) is 0 Å². The van der Waals surface area contributed by atoms with Gasteiger partial charge in [-0.1, -0.05) is 12.1 Å². The number of aromatic nitrogens is 2. The van der Waals surface area contributed by atoms with E-state index in [0.717, 1.165) is 18.5 Å². The lowest BCUT2D eigenvalue weighted by atomic mass is 9.94. The van der Waals surface area contributed by atoms with Crippen molar-refractivity contribution in [1.82, 2.24) is 14.9 Å². The molecule has 2 heterocycles. The van der Waals surface area contributed by atoms with E-state index >= 15 is 0 Å². The average Bonchev–Trinajstić information content (AvgIpc) is 2.85. The highest BCUT2D eigenvalue weighted by molar-refractivity contribution is 5.95. The number of hydrogen-bond acceptors (Lipinski definition) is 6. The number of halogens is 1. The van der Waals surface area contributed by atoms with E-state index in [-0.39, 0.29) is 17.6 Å². The topological polar surface area (TPSA) is 76.6 Å². The Labute approximate surface area is 186 Å². The fourth-order valence-electron chi connectivity index (χ4n) is 3.86. The Morgan fingerprint density at radius 1 is 1.12 bits per heavy atom. The van der Waals surface area contributed by atoms with E-state index in [9.17, 15) is 9.18 Å². The molecule has 7 nitrogen and oxygen atoms in total. The van der Waals surface area contributed by atoms with Crippen molar-refractivity contribution in [3.05, 3.63) is 71.8 Å². The van der Waals surface area contributed by atoms with E-state index in [0.29, 0.717) is 41.8 Å². The van der Waals surface area contributed by atoms with Gasteiger partial charge in [-0.3, -0.25) is 4.79 Å². The molecule has 1 amide bonds. The molecule has 166 valence electrons. The van der Waals surface area contributed by atoms with Gasteiger partial charge in [0.15, 0.2) is 0 Å². The Hall–Kier alpha value is -3.68. The molecule has 0 aliphatic carbocycles. The fourth-order valence-corrected chi connectivity index (χ4v) is 3.86. The van der Waals surface area contributed by atoms with E-state index < -0.39 is 0 Å². The SMILES string of the molecule is COc1cc(OC)cc(C(=O)N2CCCC(c3ccnc(Nc4ccccc4F)n3)C2)c1. The molecule has 1 saturated heterocycles. The van der Waals surface area contributed by atoms with E-state index in [2.05, 4.69) is 15.3 Å². The van der Waals surface area contributed by atoms with Gasteiger partial charge in [0, 0.05) is 36.8 Å². The summed E-state index contributed by atoms with van der Waals surface area (Å²) < 4.78 is 24.5. The molecule has 1 N–H and O–H groups in total. The second-order valence-electron chi connectivity index (χ2n) is 7.60. The molecule has 1 aromatic heterocycles. The average molecular weight is 436 g/mol. The highest BCUT2D eigenvalue weighted by Crippen LogP contribution is 2.29. The summed E-state index contributed by atoms with van der Waals surface area (Å²) in [5.41, 5.74) is 1.66. The Morgan fingerprint density at radius 2 is 1.88 bits per heavy atom. The molecule has 0 bridgehead atoms. The van der Waals surface area contributed by atoms with Gasteiger partial charge in [0.05, 0.1) is 25.6 Å². The maximum Gasteiger partial charge on any atom is 0.254 e. The smallest absolute Gasteiger partial charge is 0.254 e. The summed E-state index contributed by atoms with van der Waals surface area (Å²) in [5.74, 6) is 1.08. The zero-order chi connectivity index (χ0) is 22.5. The van der Waals surface area contributed by atoms with Crippen molar-refractivity contribution in [2.75, 3.05) is 32.6 Å². The van der Waals surface area contributed by atoms with Crippen LogP contribution in [-0.2, 0) is 0 Å². The minimum absolute atomic E-state index is 0.0596. The first kappa shape index (κ1) is 21.5. The third-order valence-corrected chi connectivity index (χ3v) is 5.52. The minimum atomic E-state index is -0.371. The van der Waals surface area contributed by atoms with Crippen LogP contribution in [0.5, 0.6) is 11.5 Å². The second kappa shape index (κ2) is 9.64. The van der Waals surface area contributed by atoms with Gasteiger partial charge in [0.25, 0.3) is 5.91 Å². The molecular formula is C24H25FN4O3. The lowest BCUT2D eigenvalue weighted by molar-refractivity contribution is 0.0705. The second-order valence-corrected chi connectivity index (χ2v) is 7.60. The molecule has 4 rings (SSSR count). The van der Waals surface area contributed by atoms with Crippen LogP contribution in [0.25, 0.3) is 0 Å². The highest BCUT2D eigenvalue weighted by atomic mass is 19.1. The van der Waals surface area contributed by atoms with Gasteiger partial charge in [-0.25, -0.2) is 14.4 Å². The minimum Gasteiger partial charge on any atom is -0.497 e. The molecule has 0 radical (unpaired) electrons. The monoisotopic (exact) mass is 436 g/mol. The number of benzene rings is 2. The van der Waals surface area contributed by atoms with Gasteiger partial charge in [-0.15, -0.1) is 0 Å². The van der Waals surface area contributed by atoms with Crippen LogP contribution in [0.3, 0.4) is 0 Å². The van der Waals surface area contributed by atoms with Gasteiger partial charge in [0.2, 0.25) is 5.95 Å². The van der Waals surface area contributed by atoms with Crippen LogP contribution in [0.2, 0.25) is 0 Å². The van der Waals surface area contributed by atoms with Crippen LogP contribution in [0.4, 0.5) is 16.0 Å². The number of amides is 1. The zero-order valence-corrected chi connectivity index (χ0v) is 18.0. The van der Waals surface area contributed by atoms with Gasteiger partial charge >= 0.3 is 0 Å². The van der Waals surface area contributed by atoms with E-state index in [1.54, 1.807) is 56.8 Å². The van der Waals surface area contributed by atoms with Crippen LogP contribution in [0.1, 0.15) is 34.8 Å². The Bertz CT molecular complexity index is 1090. The molecule has 0 spiro atoms. The first-order chi connectivity index (χ1) is 15.6. The summed E-state index contributed by atoms with van der Waals surface area (Å²) in [6.07, 6.45) is 3.41. The summed E-state index contributed by atoms with van der Waals surface area (Å²) in [5, 5.41) is 2.93. The summed E-state index contributed by atoms with van der Waals surface area (Å²) in [6, 6.07) is 13.4. The standard InChI is InChI=1S/C24H25FN4O3/c1-31-18-12-17(13-19(14-18)32-2)23(30)29-11-5-6-16(15-29)21-9-10-26-24(27-21)28-22-8-4-3-7-20(22)25/h3-4,7-10,12-14,16H,5-6,11,15H2,1-2H3,(H,26,27,28). The number of nitrogens with zero attached hydrogens (tertiary/aromatic N) is 3. The van der Waals surface area contributed by atoms with Crippen molar-refractivity contribution in [3.8, 4) is 11.5 Å². The summed E-state index contributed by atoms with van der Waals surface area (Å²) in [7, 11) is 3.12. The number of nitrogens with one attached hydrogen (secondary N) is 1. The number of carbonyl (C=O) groups is 1. The number of ether oxygens (including phenoxy) is 2. The van der Waals surface area contributed by atoms with Gasteiger partial charge in [-0.05, 0) is 43.2 Å². The summed E-state index contributed by atoms with van der Waals surface area (Å²) >= 11 is 0. The van der Waals surface area contributed by atoms with E-state index in [1.807, 2.05) is 11.0 Å². The summed E-state index contributed by atoms with van der Waals surface area (Å²) in [6.45, 7) is 1.20. The molecule has 1 atom stereocenters. The van der Waals surface area contributed by atoms with Gasteiger partial charge in [0.1, 0.15) is 17.3 Å². The van der Waals surface area contributed by atoms with Crippen LogP contribution in [-0.4, -0.2) is 48.1 Å². The third kappa shape index (κ3) is 4.80. The number of rotatable bonds is 6. The normalized spacial score (nSPS) is 15.8. The van der Waals surface area contributed by atoms with Gasteiger partial charge in [-0.2, -0.15) is 0 Å². The fraction of sp³-hybridized carbons (Fsp3) is 0.292. The van der Waals surface area contributed by atoms with Crippen LogP contribution in [0.15, 0.2) is 54.7 Å². The Morgan fingerprint density at radius 3 is 2.59 bits per heavy atom. The number of carbonyl (C=O) groups excluding carboxylic acids is 1. The predicted molar refractivity (Wildman–Crippen MR) is 119 cm³/mol. The van der Waals surface area contributed by atoms with E-state index in [1.165, 1.54) is 6.07 Å². The highest BCUT2D eigenvalue weighted by Gasteiger charge is 2.27. The molecule has 1 fully saturated rings. The number of hydrogen-bond donors (Lipinski definition) is 1. The maximum atomic E-state index is 14.0. The first-order valence-electron chi connectivity index (χ1n) is 10.4. The Kier molecular flexibility index (Phi) is 6.49. The van der Waals surface area contributed by atoms with Crippen molar-refractivity contribution < 1.29 is 18.7 Å². The molecule has 1 unspecified atom stereocenters. The molecule has 1 aliphatic heterocycles. The number of likely N-dealkylation sites (tertiary alicyclic amines) is 1. The molecule has 1 aliphatic rings. The number of anilines is 2. The first-order valence-corrected chi connectivity index (χ1v) is 10.4. The maximum absolute atomic E-state index is 14.0. The molecule has 3 aromatic rings. The molecule has 32 heavy (non-hydrogen) atoms. The zero-order valence-electron chi connectivity index (χ0n) is 18.0. The number of piperidine rings is 1. The number of para-hydroxylation sites is 1. The quantitative estimate of drug-likeness (QED) is 0.617. The van der Waals surface area contributed by atoms with Crippen molar-refractivity contribution in [3.63, 3.8) is 0 Å². The van der Waals surface area contributed by atoms with Crippen LogP contribution >= 0.6 is 0 Å². The molecule has 2 aromatic carbocycles. The predicted octanol–water partition coefficient (Wildman–Crippen LogP) is 4.40.